The van der Waals surface area contributed by atoms with Crippen molar-refractivity contribution >= 4 is 17.6 Å². The van der Waals surface area contributed by atoms with E-state index in [0.717, 1.165) is 0 Å². The number of nitrogens with two attached hydrogens (primary N) is 1. The van der Waals surface area contributed by atoms with Gasteiger partial charge in [-0.2, -0.15) is 0 Å². The largest absolute Gasteiger partial charge is 0.480 e. The monoisotopic (exact) mass is 216 g/mol. The third-order valence-electron chi connectivity index (χ3n) is 1.65. The molecule has 0 spiro atoms. The molecule has 1 heterocycles. The third-order valence-corrected chi connectivity index (χ3v) is 1.92. The first-order valence-corrected chi connectivity index (χ1v) is 4.12. The summed E-state index contributed by atoms with van der Waals surface area (Å²) in [6.45, 7) is 0. The zero-order valence-electron chi connectivity index (χ0n) is 7.40. The molecule has 0 aliphatic heterocycles. The van der Waals surface area contributed by atoms with Gasteiger partial charge in [-0.15, -0.1) is 0 Å². The Kier molecular flexibility index (Phi) is 3.27. The molecule has 0 aliphatic carbocycles. The summed E-state index contributed by atoms with van der Waals surface area (Å²) in [4.78, 5) is 14.3. The first kappa shape index (κ1) is 10.7. The maximum absolute atomic E-state index is 10.5. The van der Waals surface area contributed by atoms with Crippen molar-refractivity contribution in [2.45, 2.75) is 6.04 Å². The van der Waals surface area contributed by atoms with Crippen LogP contribution in [0.4, 0.5) is 0 Å². The molecule has 0 saturated heterocycles. The molecule has 0 aromatic carbocycles. The number of pyridine rings is 1. The summed E-state index contributed by atoms with van der Waals surface area (Å²) in [5, 5.41) is 8.86. The molecular formula is C8H9ClN2O3. The standard InChI is InChI=1S/C8H9ClN2O3/c1-14-7-5(9)2-4(3-11-7)6(10)8(12)13/h2-3,6H,10H2,1H3,(H,12,13). The molecule has 1 aromatic heterocycles. The first-order valence-electron chi connectivity index (χ1n) is 3.74. The molecule has 0 aliphatic rings. The number of rotatable bonds is 3. The Morgan fingerprint density at radius 1 is 1.79 bits per heavy atom. The van der Waals surface area contributed by atoms with Gasteiger partial charge in [0.15, 0.2) is 0 Å². The van der Waals surface area contributed by atoms with E-state index in [-0.39, 0.29) is 10.9 Å². The van der Waals surface area contributed by atoms with Crippen LogP contribution in [0.3, 0.4) is 0 Å². The van der Waals surface area contributed by atoms with E-state index in [4.69, 9.17) is 27.2 Å². The lowest BCUT2D eigenvalue weighted by Gasteiger charge is -2.08. The summed E-state index contributed by atoms with van der Waals surface area (Å²) < 4.78 is 4.81. The van der Waals surface area contributed by atoms with Gasteiger partial charge in [-0.3, -0.25) is 4.79 Å². The van der Waals surface area contributed by atoms with E-state index in [2.05, 4.69) is 4.98 Å². The number of carboxylic acids is 1. The number of nitrogens with zero attached hydrogens (tertiary/aromatic N) is 1. The minimum atomic E-state index is -1.13. The van der Waals surface area contributed by atoms with Gasteiger partial charge in [-0.1, -0.05) is 11.6 Å². The van der Waals surface area contributed by atoms with Crippen LogP contribution in [-0.2, 0) is 4.79 Å². The lowest BCUT2D eigenvalue weighted by Crippen LogP contribution is -2.20. The number of carboxylic acid groups (broad SMARTS) is 1. The molecule has 0 saturated carbocycles. The molecule has 1 unspecified atom stereocenters. The molecule has 0 fully saturated rings. The average molecular weight is 217 g/mol. The van der Waals surface area contributed by atoms with Crippen molar-refractivity contribution in [2.24, 2.45) is 5.73 Å². The molecule has 1 atom stereocenters. The van der Waals surface area contributed by atoms with E-state index in [1.54, 1.807) is 0 Å². The van der Waals surface area contributed by atoms with Crippen LogP contribution in [0.25, 0.3) is 0 Å². The van der Waals surface area contributed by atoms with Crippen molar-refractivity contribution in [3.63, 3.8) is 0 Å². The second kappa shape index (κ2) is 4.26. The molecule has 6 heteroatoms. The van der Waals surface area contributed by atoms with Crippen LogP contribution in [-0.4, -0.2) is 23.2 Å². The van der Waals surface area contributed by atoms with Crippen molar-refractivity contribution in [3.8, 4) is 5.88 Å². The van der Waals surface area contributed by atoms with Crippen molar-refractivity contribution < 1.29 is 14.6 Å². The van der Waals surface area contributed by atoms with Gasteiger partial charge in [0.2, 0.25) is 5.88 Å². The number of ether oxygens (including phenoxy) is 1. The fraction of sp³-hybridized carbons (Fsp3) is 0.250. The average Bonchev–Trinajstić information content (AvgIpc) is 2.16. The van der Waals surface area contributed by atoms with Crippen LogP contribution in [0.1, 0.15) is 11.6 Å². The quantitative estimate of drug-likeness (QED) is 0.782. The van der Waals surface area contributed by atoms with Crippen molar-refractivity contribution in [2.75, 3.05) is 7.11 Å². The second-order valence-electron chi connectivity index (χ2n) is 2.58. The van der Waals surface area contributed by atoms with Gasteiger partial charge in [0, 0.05) is 11.8 Å². The molecule has 1 rings (SSSR count). The minimum Gasteiger partial charge on any atom is -0.480 e. The van der Waals surface area contributed by atoms with Crippen LogP contribution < -0.4 is 10.5 Å². The van der Waals surface area contributed by atoms with E-state index < -0.39 is 12.0 Å². The predicted molar refractivity (Wildman–Crippen MR) is 50.4 cm³/mol. The van der Waals surface area contributed by atoms with E-state index in [1.807, 2.05) is 0 Å². The highest BCUT2D eigenvalue weighted by Crippen LogP contribution is 2.24. The normalized spacial score (nSPS) is 12.2. The summed E-state index contributed by atoms with van der Waals surface area (Å²) in [5.41, 5.74) is 5.70. The van der Waals surface area contributed by atoms with Gasteiger partial charge in [-0.05, 0) is 6.07 Å². The van der Waals surface area contributed by atoms with Crippen LogP contribution in [0, 0.1) is 0 Å². The molecule has 14 heavy (non-hydrogen) atoms. The maximum atomic E-state index is 10.5. The lowest BCUT2D eigenvalue weighted by atomic mass is 10.1. The molecule has 0 amide bonds. The van der Waals surface area contributed by atoms with E-state index in [9.17, 15) is 4.79 Å². The number of aromatic nitrogens is 1. The topological polar surface area (TPSA) is 85.4 Å². The highest BCUT2D eigenvalue weighted by molar-refractivity contribution is 6.31. The molecular weight excluding hydrogens is 208 g/mol. The van der Waals surface area contributed by atoms with E-state index >= 15 is 0 Å². The Balaban J connectivity index is 3.02. The first-order chi connectivity index (χ1) is 6.56. The highest BCUT2D eigenvalue weighted by Gasteiger charge is 2.16. The summed E-state index contributed by atoms with van der Waals surface area (Å²) in [6.07, 6.45) is 1.32. The SMILES string of the molecule is COc1ncc(C(N)C(=O)O)cc1Cl. The molecule has 76 valence electrons. The Labute approximate surface area is 85.5 Å². The van der Waals surface area contributed by atoms with Crippen LogP contribution >= 0.6 is 11.6 Å². The molecule has 0 radical (unpaired) electrons. The fourth-order valence-corrected chi connectivity index (χ4v) is 1.15. The van der Waals surface area contributed by atoms with Crippen LogP contribution in [0.5, 0.6) is 5.88 Å². The van der Waals surface area contributed by atoms with Crippen LogP contribution in [0.2, 0.25) is 5.02 Å². The number of methoxy groups -OCH3 is 1. The Bertz CT molecular complexity index is 356. The number of halogens is 1. The highest BCUT2D eigenvalue weighted by atomic mass is 35.5. The van der Waals surface area contributed by atoms with E-state index in [0.29, 0.717) is 5.56 Å². The molecule has 1 aromatic rings. The smallest absolute Gasteiger partial charge is 0.325 e. The van der Waals surface area contributed by atoms with Gasteiger partial charge in [0.25, 0.3) is 0 Å². The molecule has 0 bridgehead atoms. The zero-order chi connectivity index (χ0) is 10.7. The van der Waals surface area contributed by atoms with E-state index in [1.165, 1.54) is 19.4 Å². The Morgan fingerprint density at radius 2 is 2.43 bits per heavy atom. The number of hydrogen-bond acceptors (Lipinski definition) is 4. The van der Waals surface area contributed by atoms with Crippen molar-refractivity contribution in [1.29, 1.82) is 0 Å². The fourth-order valence-electron chi connectivity index (χ4n) is 0.903. The van der Waals surface area contributed by atoms with Crippen LogP contribution in [0.15, 0.2) is 12.3 Å². The van der Waals surface area contributed by atoms with Gasteiger partial charge < -0.3 is 15.6 Å². The van der Waals surface area contributed by atoms with Crippen molar-refractivity contribution in [1.82, 2.24) is 4.98 Å². The zero-order valence-corrected chi connectivity index (χ0v) is 8.15. The Morgan fingerprint density at radius 3 is 2.86 bits per heavy atom. The summed E-state index contributed by atoms with van der Waals surface area (Å²) >= 11 is 5.74. The number of carbonyl (C=O) groups is 1. The predicted octanol–water partition coefficient (Wildman–Crippen LogP) is 0.828. The lowest BCUT2D eigenvalue weighted by molar-refractivity contribution is -0.138. The van der Waals surface area contributed by atoms with Gasteiger partial charge in [-0.25, -0.2) is 4.98 Å². The maximum Gasteiger partial charge on any atom is 0.325 e. The van der Waals surface area contributed by atoms with Crippen molar-refractivity contribution in [3.05, 3.63) is 22.8 Å². The minimum absolute atomic E-state index is 0.238. The van der Waals surface area contributed by atoms with Gasteiger partial charge in [0.05, 0.1) is 7.11 Å². The summed E-state index contributed by atoms with van der Waals surface area (Å²) in [5.74, 6) is -0.888. The van der Waals surface area contributed by atoms with Gasteiger partial charge >= 0.3 is 5.97 Å². The number of hydrogen-bond donors (Lipinski definition) is 2. The molecule has 5 nitrogen and oxygen atoms in total. The van der Waals surface area contributed by atoms with Gasteiger partial charge in [0.1, 0.15) is 11.1 Å². The Hall–Kier alpha value is -1.33. The second-order valence-corrected chi connectivity index (χ2v) is 2.98. The number of aliphatic carboxylic acids is 1. The third kappa shape index (κ3) is 2.12. The summed E-state index contributed by atoms with van der Waals surface area (Å²) in [7, 11) is 1.42. The molecule has 3 N–H and O–H groups in total. The summed E-state index contributed by atoms with van der Waals surface area (Å²) in [6, 6.07) is 0.303.